The Labute approximate surface area is 113 Å². The lowest BCUT2D eigenvalue weighted by Crippen LogP contribution is -2.33. The third kappa shape index (κ3) is 3.07. The first-order chi connectivity index (χ1) is 8.56. The van der Waals surface area contributed by atoms with Crippen molar-refractivity contribution < 1.29 is 14.7 Å². The van der Waals surface area contributed by atoms with Crippen molar-refractivity contribution in [3.8, 4) is 0 Å². The van der Waals surface area contributed by atoms with Crippen molar-refractivity contribution in [1.82, 2.24) is 10.3 Å². The normalized spacial score (nSPS) is 22.7. The lowest BCUT2D eigenvalue weighted by molar-refractivity contribution is -0.141. The standard InChI is InChI=1S/C12H13BrN2O3/c13-8-2-4-10(14-6-8)11(16)15-9-3-1-7(5-9)12(17)18/h2,4,6-7,9H,1,3,5H2,(H,15,16)(H,17,18)/t7-,9+/m1/s1. The van der Waals surface area contributed by atoms with Crippen LogP contribution in [0, 0.1) is 5.92 Å². The van der Waals surface area contributed by atoms with Crippen LogP contribution in [0.2, 0.25) is 0 Å². The summed E-state index contributed by atoms with van der Waals surface area (Å²) < 4.78 is 0.811. The Morgan fingerprint density at radius 3 is 2.72 bits per heavy atom. The Hall–Kier alpha value is -1.43. The number of halogens is 1. The molecular weight excluding hydrogens is 300 g/mol. The van der Waals surface area contributed by atoms with Crippen molar-refractivity contribution in [3.63, 3.8) is 0 Å². The van der Waals surface area contributed by atoms with Gasteiger partial charge in [-0.1, -0.05) is 0 Å². The lowest BCUT2D eigenvalue weighted by atomic mass is 10.1. The van der Waals surface area contributed by atoms with Crippen molar-refractivity contribution in [1.29, 1.82) is 0 Å². The van der Waals surface area contributed by atoms with E-state index in [-0.39, 0.29) is 17.9 Å². The molecule has 1 heterocycles. The number of nitrogens with zero attached hydrogens (tertiary/aromatic N) is 1. The van der Waals surface area contributed by atoms with E-state index in [0.29, 0.717) is 25.0 Å². The van der Waals surface area contributed by atoms with Crippen molar-refractivity contribution >= 4 is 27.8 Å². The predicted octanol–water partition coefficient (Wildman–Crippen LogP) is 1.83. The van der Waals surface area contributed by atoms with E-state index in [2.05, 4.69) is 26.2 Å². The van der Waals surface area contributed by atoms with E-state index >= 15 is 0 Å². The van der Waals surface area contributed by atoms with Crippen LogP contribution >= 0.6 is 15.9 Å². The molecule has 0 saturated heterocycles. The fourth-order valence-corrected chi connectivity index (χ4v) is 2.34. The summed E-state index contributed by atoms with van der Waals surface area (Å²) in [6.45, 7) is 0. The first-order valence-corrected chi connectivity index (χ1v) is 6.51. The van der Waals surface area contributed by atoms with Gasteiger partial charge in [0.1, 0.15) is 5.69 Å². The number of carboxylic acid groups (broad SMARTS) is 1. The zero-order chi connectivity index (χ0) is 13.1. The molecule has 1 fully saturated rings. The fraction of sp³-hybridized carbons (Fsp3) is 0.417. The number of pyridine rings is 1. The van der Waals surface area contributed by atoms with Gasteiger partial charge in [0.05, 0.1) is 5.92 Å². The van der Waals surface area contributed by atoms with Gasteiger partial charge >= 0.3 is 5.97 Å². The van der Waals surface area contributed by atoms with Gasteiger partial charge in [-0.05, 0) is 47.3 Å². The van der Waals surface area contributed by atoms with Gasteiger partial charge in [-0.3, -0.25) is 9.59 Å². The highest BCUT2D eigenvalue weighted by Gasteiger charge is 2.30. The number of aromatic nitrogens is 1. The van der Waals surface area contributed by atoms with Gasteiger partial charge in [-0.15, -0.1) is 0 Å². The van der Waals surface area contributed by atoms with Crippen LogP contribution in [-0.2, 0) is 4.79 Å². The molecule has 2 atom stereocenters. The van der Waals surface area contributed by atoms with Crippen LogP contribution in [0.3, 0.4) is 0 Å². The average molecular weight is 313 g/mol. The molecule has 18 heavy (non-hydrogen) atoms. The van der Waals surface area contributed by atoms with Crippen molar-refractivity contribution in [3.05, 3.63) is 28.5 Å². The van der Waals surface area contributed by atoms with E-state index in [9.17, 15) is 9.59 Å². The smallest absolute Gasteiger partial charge is 0.306 e. The van der Waals surface area contributed by atoms with Crippen LogP contribution < -0.4 is 5.32 Å². The topological polar surface area (TPSA) is 79.3 Å². The lowest BCUT2D eigenvalue weighted by Gasteiger charge is -2.11. The molecule has 6 heteroatoms. The Morgan fingerprint density at radius 1 is 1.39 bits per heavy atom. The summed E-state index contributed by atoms with van der Waals surface area (Å²) >= 11 is 3.25. The van der Waals surface area contributed by atoms with Crippen molar-refractivity contribution in [2.75, 3.05) is 0 Å². The maximum absolute atomic E-state index is 11.9. The van der Waals surface area contributed by atoms with Gasteiger partial charge in [0.2, 0.25) is 0 Å². The molecule has 1 aliphatic carbocycles. The van der Waals surface area contributed by atoms with Crippen LogP contribution in [0.4, 0.5) is 0 Å². The van der Waals surface area contributed by atoms with Gasteiger partial charge in [0.25, 0.3) is 5.91 Å². The second kappa shape index (κ2) is 5.48. The number of carbonyl (C=O) groups is 2. The summed E-state index contributed by atoms with van der Waals surface area (Å²) in [6.07, 6.45) is 3.38. The molecule has 1 aliphatic rings. The third-order valence-electron chi connectivity index (χ3n) is 3.08. The highest BCUT2D eigenvalue weighted by atomic mass is 79.9. The minimum absolute atomic E-state index is 0.0657. The van der Waals surface area contributed by atoms with Crippen LogP contribution in [0.25, 0.3) is 0 Å². The van der Waals surface area contributed by atoms with Crippen LogP contribution in [0.15, 0.2) is 22.8 Å². The summed E-state index contributed by atoms with van der Waals surface area (Å²) in [4.78, 5) is 26.7. The number of hydrogen-bond acceptors (Lipinski definition) is 3. The molecular formula is C12H13BrN2O3. The Morgan fingerprint density at radius 2 is 2.17 bits per heavy atom. The number of carbonyl (C=O) groups excluding carboxylic acids is 1. The zero-order valence-electron chi connectivity index (χ0n) is 9.60. The molecule has 0 spiro atoms. The molecule has 5 nitrogen and oxygen atoms in total. The molecule has 96 valence electrons. The van der Waals surface area contributed by atoms with Gasteiger partial charge in [0, 0.05) is 16.7 Å². The average Bonchev–Trinajstić information content (AvgIpc) is 2.78. The van der Waals surface area contributed by atoms with Crippen LogP contribution in [0.1, 0.15) is 29.8 Å². The molecule has 0 aromatic carbocycles. The number of nitrogens with one attached hydrogen (secondary N) is 1. The number of rotatable bonds is 3. The van der Waals surface area contributed by atoms with Gasteiger partial charge in [-0.2, -0.15) is 0 Å². The number of aliphatic carboxylic acids is 1. The largest absolute Gasteiger partial charge is 0.481 e. The summed E-state index contributed by atoms with van der Waals surface area (Å²) in [7, 11) is 0. The predicted molar refractivity (Wildman–Crippen MR) is 68.2 cm³/mol. The molecule has 0 radical (unpaired) electrons. The summed E-state index contributed by atoms with van der Waals surface area (Å²) in [5.74, 6) is -1.37. The van der Waals surface area contributed by atoms with Gasteiger partial charge in [-0.25, -0.2) is 4.98 Å². The zero-order valence-corrected chi connectivity index (χ0v) is 11.2. The quantitative estimate of drug-likeness (QED) is 0.892. The molecule has 1 aromatic heterocycles. The van der Waals surface area contributed by atoms with E-state index in [1.54, 1.807) is 18.3 Å². The first-order valence-electron chi connectivity index (χ1n) is 5.71. The Balaban J connectivity index is 1.92. The Bertz CT molecular complexity index is 461. The van der Waals surface area contributed by atoms with E-state index in [1.165, 1.54) is 0 Å². The summed E-state index contributed by atoms with van der Waals surface area (Å²) in [5.41, 5.74) is 0.344. The van der Waals surface area contributed by atoms with Gasteiger partial charge < -0.3 is 10.4 Å². The second-order valence-corrected chi connectivity index (χ2v) is 5.30. The van der Waals surface area contributed by atoms with E-state index < -0.39 is 5.97 Å². The van der Waals surface area contributed by atoms with Crippen molar-refractivity contribution in [2.45, 2.75) is 25.3 Å². The van der Waals surface area contributed by atoms with Crippen LogP contribution in [0.5, 0.6) is 0 Å². The Kier molecular flexibility index (Phi) is 3.96. The monoisotopic (exact) mass is 312 g/mol. The molecule has 2 rings (SSSR count). The maximum atomic E-state index is 11.9. The van der Waals surface area contributed by atoms with E-state index in [4.69, 9.17) is 5.11 Å². The van der Waals surface area contributed by atoms with Gasteiger partial charge in [0.15, 0.2) is 0 Å². The second-order valence-electron chi connectivity index (χ2n) is 4.38. The van der Waals surface area contributed by atoms with Crippen molar-refractivity contribution in [2.24, 2.45) is 5.92 Å². The highest BCUT2D eigenvalue weighted by molar-refractivity contribution is 9.10. The molecule has 1 saturated carbocycles. The van der Waals surface area contributed by atoms with Crippen LogP contribution in [-0.4, -0.2) is 28.0 Å². The molecule has 0 unspecified atom stereocenters. The van der Waals surface area contributed by atoms with E-state index in [1.807, 2.05) is 0 Å². The third-order valence-corrected chi connectivity index (χ3v) is 3.55. The number of amides is 1. The SMILES string of the molecule is O=C(N[C@H]1CC[C@@H](C(=O)O)C1)c1ccc(Br)cn1. The molecule has 1 amide bonds. The highest BCUT2D eigenvalue weighted by Crippen LogP contribution is 2.25. The molecule has 1 aromatic rings. The summed E-state index contributed by atoms with van der Waals surface area (Å²) in [6, 6.07) is 3.31. The minimum atomic E-state index is -0.784. The molecule has 0 bridgehead atoms. The number of carboxylic acids is 1. The maximum Gasteiger partial charge on any atom is 0.306 e. The number of hydrogen-bond donors (Lipinski definition) is 2. The fourth-order valence-electron chi connectivity index (χ4n) is 2.11. The van der Waals surface area contributed by atoms with E-state index in [0.717, 1.165) is 4.47 Å². The molecule has 0 aliphatic heterocycles. The molecule has 2 N–H and O–H groups in total. The summed E-state index contributed by atoms with van der Waals surface area (Å²) in [5, 5.41) is 11.7. The minimum Gasteiger partial charge on any atom is -0.481 e. The first kappa shape index (κ1) is 13.0.